The zero-order chi connectivity index (χ0) is 17.9. The molecule has 2 aromatic carbocycles. The number of benzene rings is 2. The zero-order valence-corrected chi connectivity index (χ0v) is 14.4. The van der Waals surface area contributed by atoms with Crippen molar-refractivity contribution in [3.63, 3.8) is 0 Å². The fourth-order valence-electron chi connectivity index (χ4n) is 2.95. The van der Waals surface area contributed by atoms with Gasteiger partial charge in [-0.3, -0.25) is 4.79 Å². The van der Waals surface area contributed by atoms with Crippen molar-refractivity contribution in [1.82, 2.24) is 5.32 Å². The van der Waals surface area contributed by atoms with E-state index in [1.807, 2.05) is 36.4 Å². The maximum Gasteiger partial charge on any atom is 0.224 e. The highest BCUT2D eigenvalue weighted by atomic mass is 16.6. The second-order valence-electron chi connectivity index (χ2n) is 6.10. The van der Waals surface area contributed by atoms with Crippen LogP contribution in [0.25, 0.3) is 11.0 Å². The number of ether oxygens (including phenoxy) is 3. The Morgan fingerprint density at radius 3 is 2.92 bits per heavy atom. The summed E-state index contributed by atoms with van der Waals surface area (Å²) in [5.41, 5.74) is 1.54. The lowest BCUT2D eigenvalue weighted by atomic mass is 10.1. The third-order valence-electron chi connectivity index (χ3n) is 4.31. The Bertz CT molecular complexity index is 933. The average Bonchev–Trinajstić information content (AvgIpc) is 3.08. The van der Waals surface area contributed by atoms with Gasteiger partial charge in [-0.25, -0.2) is 0 Å². The molecular formula is C20H19NO5. The molecule has 134 valence electrons. The van der Waals surface area contributed by atoms with Crippen LogP contribution in [0.4, 0.5) is 0 Å². The number of carbonyl (C=O) groups excluding carboxylic acids is 1. The Labute approximate surface area is 150 Å². The van der Waals surface area contributed by atoms with Gasteiger partial charge in [-0.05, 0) is 24.3 Å². The first kappa shape index (κ1) is 16.3. The van der Waals surface area contributed by atoms with E-state index < -0.39 is 0 Å². The van der Waals surface area contributed by atoms with Crippen LogP contribution < -0.4 is 19.5 Å². The Morgan fingerprint density at radius 1 is 1.23 bits per heavy atom. The Balaban J connectivity index is 1.35. The smallest absolute Gasteiger partial charge is 0.224 e. The number of methoxy groups -OCH3 is 1. The first-order valence-electron chi connectivity index (χ1n) is 8.42. The molecule has 26 heavy (non-hydrogen) atoms. The molecule has 1 aromatic heterocycles. The van der Waals surface area contributed by atoms with E-state index >= 15 is 0 Å². The second-order valence-corrected chi connectivity index (χ2v) is 6.10. The molecule has 6 nitrogen and oxygen atoms in total. The monoisotopic (exact) mass is 353 g/mol. The molecule has 1 amide bonds. The second kappa shape index (κ2) is 7.00. The quantitative estimate of drug-likeness (QED) is 0.764. The third-order valence-corrected chi connectivity index (χ3v) is 4.31. The van der Waals surface area contributed by atoms with Gasteiger partial charge < -0.3 is 23.9 Å². The minimum Gasteiger partial charge on any atom is -0.497 e. The maximum absolute atomic E-state index is 12.3. The fourth-order valence-corrected chi connectivity index (χ4v) is 2.95. The van der Waals surface area contributed by atoms with Crippen molar-refractivity contribution in [3.05, 3.63) is 54.3 Å². The lowest BCUT2D eigenvalue weighted by molar-refractivity contribution is -0.120. The number of para-hydroxylation sites is 2. The summed E-state index contributed by atoms with van der Waals surface area (Å²) >= 11 is 0. The lowest BCUT2D eigenvalue weighted by Gasteiger charge is -2.26. The van der Waals surface area contributed by atoms with Crippen molar-refractivity contribution < 1.29 is 23.4 Å². The van der Waals surface area contributed by atoms with Crippen LogP contribution in [0.3, 0.4) is 0 Å². The molecule has 0 aliphatic carbocycles. The van der Waals surface area contributed by atoms with Gasteiger partial charge in [0.2, 0.25) is 5.91 Å². The molecule has 0 fully saturated rings. The van der Waals surface area contributed by atoms with Gasteiger partial charge in [0.1, 0.15) is 24.0 Å². The summed E-state index contributed by atoms with van der Waals surface area (Å²) in [6.45, 7) is 0.794. The molecule has 1 aliphatic heterocycles. The minimum absolute atomic E-state index is 0.0917. The van der Waals surface area contributed by atoms with E-state index in [0.29, 0.717) is 24.5 Å². The van der Waals surface area contributed by atoms with Gasteiger partial charge >= 0.3 is 0 Å². The van der Waals surface area contributed by atoms with Crippen LogP contribution in [0.1, 0.15) is 5.56 Å². The largest absolute Gasteiger partial charge is 0.497 e. The van der Waals surface area contributed by atoms with Crippen LogP contribution in [0.2, 0.25) is 0 Å². The van der Waals surface area contributed by atoms with E-state index in [-0.39, 0.29) is 18.4 Å². The van der Waals surface area contributed by atoms with Crippen molar-refractivity contribution in [1.29, 1.82) is 0 Å². The van der Waals surface area contributed by atoms with E-state index in [9.17, 15) is 4.79 Å². The number of furan rings is 1. The molecule has 4 rings (SSSR count). The number of amides is 1. The van der Waals surface area contributed by atoms with Crippen molar-refractivity contribution in [2.45, 2.75) is 12.5 Å². The number of fused-ring (bicyclic) bond motifs is 2. The molecule has 0 radical (unpaired) electrons. The Hall–Kier alpha value is -3.15. The number of hydrogen-bond acceptors (Lipinski definition) is 5. The fraction of sp³-hybridized carbons (Fsp3) is 0.250. The van der Waals surface area contributed by atoms with Gasteiger partial charge in [0.25, 0.3) is 0 Å². The summed E-state index contributed by atoms with van der Waals surface area (Å²) in [5, 5.41) is 3.81. The maximum atomic E-state index is 12.3. The number of hydrogen-bond donors (Lipinski definition) is 1. The van der Waals surface area contributed by atoms with Gasteiger partial charge in [-0.15, -0.1) is 0 Å². The van der Waals surface area contributed by atoms with Crippen LogP contribution in [-0.4, -0.2) is 32.3 Å². The van der Waals surface area contributed by atoms with Crippen molar-refractivity contribution >= 4 is 16.9 Å². The van der Waals surface area contributed by atoms with E-state index in [4.69, 9.17) is 18.6 Å². The van der Waals surface area contributed by atoms with Gasteiger partial charge in [-0.1, -0.05) is 12.1 Å². The van der Waals surface area contributed by atoms with Crippen molar-refractivity contribution in [2.24, 2.45) is 0 Å². The molecule has 0 saturated heterocycles. The Morgan fingerprint density at radius 2 is 2.08 bits per heavy atom. The predicted molar refractivity (Wildman–Crippen MR) is 95.8 cm³/mol. The molecule has 1 atom stereocenters. The minimum atomic E-state index is -0.209. The summed E-state index contributed by atoms with van der Waals surface area (Å²) in [7, 11) is 1.61. The van der Waals surface area contributed by atoms with Crippen molar-refractivity contribution in [2.75, 3.05) is 20.3 Å². The van der Waals surface area contributed by atoms with Gasteiger partial charge in [0, 0.05) is 17.0 Å². The molecule has 3 aromatic rings. The number of carbonyl (C=O) groups is 1. The molecule has 0 saturated carbocycles. The first-order valence-corrected chi connectivity index (χ1v) is 8.42. The normalized spacial score (nSPS) is 15.7. The molecular weight excluding hydrogens is 334 g/mol. The van der Waals surface area contributed by atoms with E-state index in [0.717, 1.165) is 22.4 Å². The number of nitrogens with one attached hydrogen (secondary N) is 1. The molecule has 6 heteroatoms. The van der Waals surface area contributed by atoms with Gasteiger partial charge in [0.05, 0.1) is 26.3 Å². The highest BCUT2D eigenvalue weighted by Crippen LogP contribution is 2.30. The molecule has 2 heterocycles. The summed E-state index contributed by atoms with van der Waals surface area (Å²) in [6.07, 6.45) is 1.64. The van der Waals surface area contributed by atoms with Crippen LogP contribution in [0.15, 0.2) is 53.1 Å². The van der Waals surface area contributed by atoms with Crippen molar-refractivity contribution in [3.8, 4) is 17.2 Å². The predicted octanol–water partition coefficient (Wildman–Crippen LogP) is 2.94. The molecule has 1 aliphatic rings. The summed E-state index contributed by atoms with van der Waals surface area (Å²) in [5.74, 6) is 2.06. The van der Waals surface area contributed by atoms with E-state index in [2.05, 4.69) is 5.32 Å². The van der Waals surface area contributed by atoms with Gasteiger partial charge in [-0.2, -0.15) is 0 Å². The highest BCUT2D eigenvalue weighted by molar-refractivity contribution is 5.88. The summed E-state index contributed by atoms with van der Waals surface area (Å²) in [4.78, 5) is 12.3. The third kappa shape index (κ3) is 3.31. The lowest BCUT2D eigenvalue weighted by Crippen LogP contribution is -2.41. The standard InChI is InChI=1S/C20H19NO5/c1-23-14-6-7-16-13(11-24-19(16)9-14)8-20(22)21-10-15-12-25-17-4-2-3-5-18(17)26-15/h2-7,9,11,15H,8,10,12H2,1H3,(H,21,22)/t15-/m0/s1. The van der Waals surface area contributed by atoms with Crippen LogP contribution >= 0.6 is 0 Å². The Kier molecular flexibility index (Phi) is 4.39. The SMILES string of the molecule is COc1ccc2c(CC(=O)NC[C@H]3COc4ccccc4O3)coc2c1. The molecule has 1 N–H and O–H groups in total. The molecule has 0 spiro atoms. The van der Waals surface area contributed by atoms with E-state index in [1.165, 1.54) is 0 Å². The van der Waals surface area contributed by atoms with Crippen LogP contribution in [-0.2, 0) is 11.2 Å². The van der Waals surface area contributed by atoms with E-state index in [1.54, 1.807) is 19.4 Å². The number of rotatable bonds is 5. The summed E-state index contributed by atoms with van der Waals surface area (Å²) in [6, 6.07) is 13.1. The van der Waals surface area contributed by atoms with Gasteiger partial charge in [0.15, 0.2) is 11.5 Å². The highest BCUT2D eigenvalue weighted by Gasteiger charge is 2.21. The summed E-state index contributed by atoms with van der Waals surface area (Å²) < 4.78 is 22.2. The first-order chi connectivity index (χ1) is 12.7. The van der Waals surface area contributed by atoms with Crippen LogP contribution in [0.5, 0.6) is 17.2 Å². The van der Waals surface area contributed by atoms with Crippen LogP contribution in [0, 0.1) is 0 Å². The zero-order valence-electron chi connectivity index (χ0n) is 14.4. The average molecular weight is 353 g/mol. The molecule has 0 unspecified atom stereocenters. The molecule has 0 bridgehead atoms. The topological polar surface area (TPSA) is 69.9 Å².